The fourth-order valence-electron chi connectivity index (χ4n) is 2.65. The van der Waals surface area contributed by atoms with Gasteiger partial charge < -0.3 is 18.9 Å². The van der Waals surface area contributed by atoms with E-state index >= 15 is 0 Å². The van der Waals surface area contributed by atoms with Crippen LogP contribution in [0.3, 0.4) is 0 Å². The smallest absolute Gasteiger partial charge is 0.436 e. The largest absolute Gasteiger partial charge is 0.444 e. The van der Waals surface area contributed by atoms with E-state index in [-0.39, 0.29) is 12.7 Å². The predicted molar refractivity (Wildman–Crippen MR) is 100 cm³/mol. The van der Waals surface area contributed by atoms with Crippen molar-refractivity contribution in [2.45, 2.75) is 45.1 Å². The summed E-state index contributed by atoms with van der Waals surface area (Å²) in [5, 5.41) is 0. The van der Waals surface area contributed by atoms with Gasteiger partial charge in [0.15, 0.2) is 4.80 Å². The molecule has 0 aliphatic carbocycles. The highest BCUT2D eigenvalue weighted by atomic mass is 32.1. The molecule has 1 aromatic rings. The summed E-state index contributed by atoms with van der Waals surface area (Å²) in [5.41, 5.74) is -0.480. The van der Waals surface area contributed by atoms with Gasteiger partial charge in [-0.15, -0.1) is 16.3 Å². The van der Waals surface area contributed by atoms with Crippen LogP contribution >= 0.6 is 11.3 Å². The lowest BCUT2D eigenvalue weighted by Crippen LogP contribution is -2.41. The van der Waals surface area contributed by atoms with E-state index in [9.17, 15) is 9.59 Å². The second-order valence-corrected chi connectivity index (χ2v) is 8.29. The van der Waals surface area contributed by atoms with Crippen LogP contribution in [-0.2, 0) is 16.5 Å². The van der Waals surface area contributed by atoms with E-state index in [0.29, 0.717) is 23.8 Å². The first-order valence-corrected chi connectivity index (χ1v) is 9.48. The van der Waals surface area contributed by atoms with E-state index in [1.165, 1.54) is 17.4 Å². The second-order valence-electron chi connectivity index (χ2n) is 7.25. The summed E-state index contributed by atoms with van der Waals surface area (Å²) in [7, 11) is 1.86. The fraction of sp³-hybridized carbons (Fsp3) is 0.611. The number of carbonyl (C=O) groups is 2. The highest BCUT2D eigenvalue weighted by molar-refractivity contribution is 7.09. The molecule has 8 heteroatoms. The zero-order valence-electron chi connectivity index (χ0n) is 15.9. The minimum atomic E-state index is -0.617. The van der Waals surface area contributed by atoms with Crippen molar-refractivity contribution in [3.05, 3.63) is 28.5 Å². The lowest BCUT2D eigenvalue weighted by molar-refractivity contribution is 0.0205. The Bertz CT molecular complexity index is 722. The third-order valence-electron chi connectivity index (χ3n) is 3.89. The maximum atomic E-state index is 12.2. The first-order chi connectivity index (χ1) is 12.2. The van der Waals surface area contributed by atoms with E-state index in [4.69, 9.17) is 9.47 Å². The number of aryl methyl sites for hydroxylation is 1. The van der Waals surface area contributed by atoms with Crippen LogP contribution in [0.1, 0.15) is 44.4 Å². The van der Waals surface area contributed by atoms with Gasteiger partial charge in [-0.1, -0.05) is 12.7 Å². The Morgan fingerprint density at radius 1 is 1.38 bits per heavy atom. The summed E-state index contributed by atoms with van der Waals surface area (Å²) in [5.74, 6) is 0.345. The van der Waals surface area contributed by atoms with Crippen LogP contribution in [0.2, 0.25) is 0 Å². The number of aromatic nitrogens is 1. The third kappa shape index (κ3) is 5.72. The average molecular weight is 381 g/mol. The van der Waals surface area contributed by atoms with Crippen LogP contribution in [0.5, 0.6) is 0 Å². The van der Waals surface area contributed by atoms with Gasteiger partial charge in [-0.25, -0.2) is 9.59 Å². The van der Waals surface area contributed by atoms with E-state index in [0.717, 1.165) is 17.7 Å². The van der Waals surface area contributed by atoms with Crippen molar-refractivity contribution in [1.82, 2.24) is 9.47 Å². The molecule has 1 aromatic heterocycles. The van der Waals surface area contributed by atoms with Crippen LogP contribution in [-0.4, -0.2) is 47.0 Å². The van der Waals surface area contributed by atoms with Crippen molar-refractivity contribution < 1.29 is 19.1 Å². The zero-order chi connectivity index (χ0) is 19.3. The molecule has 1 saturated heterocycles. The Kier molecular flexibility index (Phi) is 6.63. The normalized spacial score (nSPS) is 16.5. The standard InChI is InChI=1S/C18H27N3O4S/c1-6-11-24-16(22)19-15-20(5)12-14(26-15)13-7-9-21(10-8-13)17(23)25-18(2,3)4/h6,12-13H,1,7-11H2,2-5H3/b19-15-. The Hall–Kier alpha value is -2.09. The number of rotatable bonds is 3. The molecule has 0 aromatic carbocycles. The number of ether oxygens (including phenoxy) is 2. The minimum absolute atomic E-state index is 0.146. The number of amides is 2. The number of likely N-dealkylation sites (tertiary alicyclic amines) is 1. The highest BCUT2D eigenvalue weighted by Gasteiger charge is 2.28. The van der Waals surface area contributed by atoms with Crippen molar-refractivity contribution in [2.75, 3.05) is 19.7 Å². The summed E-state index contributed by atoms with van der Waals surface area (Å²) in [6.45, 7) is 10.6. The Balaban J connectivity index is 1.99. The molecular weight excluding hydrogens is 354 g/mol. The number of hydrogen-bond donors (Lipinski definition) is 0. The molecule has 144 valence electrons. The van der Waals surface area contributed by atoms with Crippen LogP contribution in [0, 0.1) is 0 Å². The molecule has 1 aliphatic heterocycles. The number of carbonyl (C=O) groups excluding carboxylic acids is 2. The number of thiazole rings is 1. The summed E-state index contributed by atoms with van der Waals surface area (Å²) in [4.78, 5) is 31.3. The van der Waals surface area contributed by atoms with Gasteiger partial charge in [-0.05, 0) is 39.5 Å². The average Bonchev–Trinajstić information content (AvgIpc) is 2.92. The van der Waals surface area contributed by atoms with Crippen molar-refractivity contribution >= 4 is 23.5 Å². The zero-order valence-corrected chi connectivity index (χ0v) is 16.7. The molecule has 0 spiro atoms. The maximum Gasteiger partial charge on any atom is 0.436 e. The van der Waals surface area contributed by atoms with Gasteiger partial charge in [-0.2, -0.15) is 0 Å². The van der Waals surface area contributed by atoms with E-state index < -0.39 is 11.7 Å². The topological polar surface area (TPSA) is 73.1 Å². The minimum Gasteiger partial charge on any atom is -0.444 e. The first-order valence-electron chi connectivity index (χ1n) is 8.66. The molecule has 0 N–H and O–H groups in total. The highest BCUT2D eigenvalue weighted by Crippen LogP contribution is 2.30. The monoisotopic (exact) mass is 381 g/mol. The Morgan fingerprint density at radius 2 is 2.04 bits per heavy atom. The van der Waals surface area contributed by atoms with Crippen molar-refractivity contribution in [2.24, 2.45) is 12.0 Å². The lowest BCUT2D eigenvalue weighted by atomic mass is 9.96. The summed E-state index contributed by atoms with van der Waals surface area (Å²) < 4.78 is 12.2. The quantitative estimate of drug-likeness (QED) is 0.752. The molecule has 0 unspecified atom stereocenters. The molecule has 2 amide bonds. The van der Waals surface area contributed by atoms with Crippen LogP contribution in [0.4, 0.5) is 9.59 Å². The van der Waals surface area contributed by atoms with Gasteiger partial charge >= 0.3 is 12.2 Å². The molecule has 1 fully saturated rings. The molecule has 2 rings (SSSR count). The fourth-order valence-corrected chi connectivity index (χ4v) is 3.79. The third-order valence-corrected chi connectivity index (χ3v) is 5.13. The van der Waals surface area contributed by atoms with Crippen LogP contribution in [0.15, 0.2) is 23.8 Å². The number of nitrogens with zero attached hydrogens (tertiary/aromatic N) is 3. The lowest BCUT2D eigenvalue weighted by Gasteiger charge is -2.33. The Labute approximate surface area is 157 Å². The van der Waals surface area contributed by atoms with E-state index in [1.54, 1.807) is 4.90 Å². The number of hydrogen-bond acceptors (Lipinski definition) is 5. The van der Waals surface area contributed by atoms with Gasteiger partial charge in [-0.3, -0.25) is 0 Å². The Morgan fingerprint density at radius 3 is 2.62 bits per heavy atom. The molecule has 2 heterocycles. The SMILES string of the molecule is C=CCOC(=O)/N=c1\sc(C2CCN(C(=O)OC(C)(C)C)CC2)cn1C. The van der Waals surface area contributed by atoms with Gasteiger partial charge in [0, 0.05) is 31.2 Å². The molecule has 26 heavy (non-hydrogen) atoms. The van der Waals surface area contributed by atoms with E-state index in [1.807, 2.05) is 38.6 Å². The van der Waals surface area contributed by atoms with Gasteiger partial charge in [0.25, 0.3) is 0 Å². The van der Waals surface area contributed by atoms with Crippen LogP contribution in [0.25, 0.3) is 0 Å². The van der Waals surface area contributed by atoms with Crippen LogP contribution < -0.4 is 4.80 Å². The molecule has 0 bridgehead atoms. The van der Waals surface area contributed by atoms with Gasteiger partial charge in [0.1, 0.15) is 12.2 Å². The summed E-state index contributed by atoms with van der Waals surface area (Å²) in [6, 6.07) is 0. The molecule has 0 saturated carbocycles. The predicted octanol–water partition coefficient (Wildman–Crippen LogP) is 3.42. The van der Waals surface area contributed by atoms with Gasteiger partial charge in [0.05, 0.1) is 0 Å². The first kappa shape index (κ1) is 20.2. The molecule has 0 atom stereocenters. The number of piperidine rings is 1. The molecule has 1 aliphatic rings. The summed E-state index contributed by atoms with van der Waals surface area (Å²) in [6.07, 6.45) is 4.35. The maximum absolute atomic E-state index is 12.2. The van der Waals surface area contributed by atoms with Gasteiger partial charge in [0.2, 0.25) is 0 Å². The van der Waals surface area contributed by atoms with E-state index in [2.05, 4.69) is 11.6 Å². The summed E-state index contributed by atoms with van der Waals surface area (Å²) >= 11 is 1.48. The molecular formula is C18H27N3O4S. The second kappa shape index (κ2) is 8.53. The molecule has 0 radical (unpaired) electrons. The van der Waals surface area contributed by atoms with Crippen molar-refractivity contribution in [3.8, 4) is 0 Å². The molecule has 7 nitrogen and oxygen atoms in total. The van der Waals surface area contributed by atoms with Crippen molar-refractivity contribution in [1.29, 1.82) is 0 Å². The van der Waals surface area contributed by atoms with Crippen molar-refractivity contribution in [3.63, 3.8) is 0 Å².